The van der Waals surface area contributed by atoms with Crippen LogP contribution in [0.3, 0.4) is 0 Å². The number of hydrazine groups is 1. The Morgan fingerprint density at radius 3 is 2.55 bits per heavy atom. The number of rotatable bonds is 11. The third kappa shape index (κ3) is 7.45. The van der Waals surface area contributed by atoms with E-state index in [9.17, 15) is 31.5 Å². The molecule has 7 nitrogen and oxygen atoms in total. The highest BCUT2D eigenvalue weighted by Gasteiger charge is 2.36. The summed E-state index contributed by atoms with van der Waals surface area (Å²) in [6.45, 7) is 6.64. The van der Waals surface area contributed by atoms with E-state index in [1.165, 1.54) is 24.3 Å². The van der Waals surface area contributed by atoms with Gasteiger partial charge >= 0.3 is 11.6 Å². The van der Waals surface area contributed by atoms with Crippen molar-refractivity contribution in [3.8, 4) is 5.75 Å². The van der Waals surface area contributed by atoms with Crippen LogP contribution in [0.2, 0.25) is 0 Å². The molecular formula is C27H29F5N4O3S. The molecule has 13 heteroatoms. The lowest BCUT2D eigenvalue weighted by molar-refractivity contribution is -0.172. The average molecular weight is 585 g/mol. The Morgan fingerprint density at radius 1 is 1.20 bits per heavy atom. The summed E-state index contributed by atoms with van der Waals surface area (Å²) in [7, 11) is 0. The number of carbonyl (C=O) groups excluding carboxylic acids is 2. The number of ether oxygens (including phenoxy) is 1. The number of nitrogens with one attached hydrogen (secondary N) is 2. The van der Waals surface area contributed by atoms with Gasteiger partial charge in [0, 0.05) is 55.2 Å². The SMILES string of the molecule is C=CCC(F)(F)Oc1ccc(C(=O)N2CC(CN3C=C4C(C)=C(C(=O)NCCSC(F)(F)F)C=C[C@H]4N3)C2)cc1. The molecule has 0 aromatic heterocycles. The molecule has 0 bridgehead atoms. The first-order valence-electron chi connectivity index (χ1n) is 12.5. The number of amides is 2. The first kappa shape index (κ1) is 29.7. The molecule has 2 amide bonds. The van der Waals surface area contributed by atoms with Crippen molar-refractivity contribution in [3.05, 3.63) is 77.6 Å². The molecule has 1 atom stereocenters. The molecule has 2 N–H and O–H groups in total. The van der Waals surface area contributed by atoms with Crippen molar-refractivity contribution in [3.63, 3.8) is 0 Å². The highest BCUT2D eigenvalue weighted by atomic mass is 32.2. The highest BCUT2D eigenvalue weighted by Crippen LogP contribution is 2.32. The minimum Gasteiger partial charge on any atom is -0.432 e. The van der Waals surface area contributed by atoms with E-state index >= 15 is 0 Å². The number of hydrogen-bond donors (Lipinski definition) is 2. The Labute approximate surface area is 232 Å². The summed E-state index contributed by atoms with van der Waals surface area (Å²) in [5, 5.41) is 4.45. The lowest BCUT2D eigenvalue weighted by Crippen LogP contribution is -2.54. The average Bonchev–Trinajstić information content (AvgIpc) is 3.27. The largest absolute Gasteiger partial charge is 0.441 e. The fraction of sp³-hybridized carbons (Fsp3) is 0.407. The summed E-state index contributed by atoms with van der Waals surface area (Å²) in [6.07, 6.45) is 2.48. The molecule has 1 aromatic carbocycles. The molecule has 1 saturated heterocycles. The molecule has 2 aliphatic heterocycles. The van der Waals surface area contributed by atoms with Crippen LogP contribution in [0.4, 0.5) is 22.0 Å². The standard InChI is InChI=1S/C27H29F5N4O3S/c1-3-10-26(28,29)39-20-6-4-19(5-7-20)25(38)35-13-18(14-35)15-36-16-22-17(2)21(8-9-23(22)34-36)24(37)33-11-12-40-27(30,31)32/h3-9,16,18,23,34H,1,10-15H2,2H3,(H,33,37)/t23-/m1/s1. The van der Waals surface area contributed by atoms with Crippen LogP contribution in [0, 0.1) is 5.92 Å². The van der Waals surface area contributed by atoms with Crippen LogP contribution >= 0.6 is 11.8 Å². The van der Waals surface area contributed by atoms with Crippen molar-refractivity contribution in [2.45, 2.75) is 31.0 Å². The molecule has 3 aliphatic rings. The van der Waals surface area contributed by atoms with Crippen molar-refractivity contribution in [2.75, 3.05) is 31.9 Å². The zero-order chi connectivity index (χ0) is 29.1. The van der Waals surface area contributed by atoms with Crippen LogP contribution < -0.4 is 15.5 Å². The smallest absolute Gasteiger partial charge is 0.432 e. The molecule has 0 saturated carbocycles. The van der Waals surface area contributed by atoms with Crippen molar-refractivity contribution < 1.29 is 36.3 Å². The van der Waals surface area contributed by atoms with E-state index in [1.807, 2.05) is 17.3 Å². The summed E-state index contributed by atoms with van der Waals surface area (Å²) >= 11 is -0.178. The maximum atomic E-state index is 13.6. The normalized spacial score (nSPS) is 19.2. The Hall–Kier alpha value is -3.32. The quantitative estimate of drug-likeness (QED) is 0.225. The predicted octanol–water partition coefficient (Wildman–Crippen LogP) is 4.63. The second-order valence-electron chi connectivity index (χ2n) is 9.62. The summed E-state index contributed by atoms with van der Waals surface area (Å²) in [5.74, 6) is -0.739. The summed E-state index contributed by atoms with van der Waals surface area (Å²) in [5.41, 5.74) is 1.42. The monoisotopic (exact) mass is 584 g/mol. The van der Waals surface area contributed by atoms with E-state index in [1.54, 1.807) is 17.9 Å². The van der Waals surface area contributed by atoms with Gasteiger partial charge in [0.05, 0.1) is 12.5 Å². The Bertz CT molecular complexity index is 1220. The van der Waals surface area contributed by atoms with E-state index in [4.69, 9.17) is 0 Å². The van der Waals surface area contributed by atoms with Crippen molar-refractivity contribution in [1.82, 2.24) is 20.7 Å². The third-order valence-electron chi connectivity index (χ3n) is 6.57. The van der Waals surface area contributed by atoms with Gasteiger partial charge in [0.2, 0.25) is 0 Å². The molecule has 2 heterocycles. The molecule has 4 rings (SSSR count). The predicted molar refractivity (Wildman–Crippen MR) is 141 cm³/mol. The van der Waals surface area contributed by atoms with Gasteiger partial charge in [-0.3, -0.25) is 9.59 Å². The van der Waals surface area contributed by atoms with Crippen molar-refractivity contribution >= 4 is 23.6 Å². The number of hydrogen-bond acceptors (Lipinski definition) is 6. The fourth-order valence-corrected chi connectivity index (χ4v) is 5.06. The van der Waals surface area contributed by atoms with E-state index in [2.05, 4.69) is 22.1 Å². The Morgan fingerprint density at radius 2 is 1.90 bits per heavy atom. The van der Waals surface area contributed by atoms with Gasteiger partial charge in [-0.15, -0.1) is 6.58 Å². The maximum absolute atomic E-state index is 13.6. The number of halogens is 5. The van der Waals surface area contributed by atoms with Crippen molar-refractivity contribution in [1.29, 1.82) is 0 Å². The van der Waals surface area contributed by atoms with Crippen LogP contribution in [0.1, 0.15) is 23.7 Å². The van der Waals surface area contributed by atoms with Gasteiger partial charge in [-0.25, -0.2) is 5.43 Å². The van der Waals surface area contributed by atoms with Gasteiger partial charge < -0.3 is 20.0 Å². The first-order chi connectivity index (χ1) is 18.8. The number of nitrogens with zero attached hydrogens (tertiary/aromatic N) is 2. The second kappa shape index (κ2) is 12.0. The van der Waals surface area contributed by atoms with Gasteiger partial charge in [-0.2, -0.15) is 22.0 Å². The number of likely N-dealkylation sites (tertiary alicyclic amines) is 1. The molecule has 1 fully saturated rings. The second-order valence-corrected chi connectivity index (χ2v) is 10.8. The highest BCUT2D eigenvalue weighted by molar-refractivity contribution is 8.00. The number of benzene rings is 1. The van der Waals surface area contributed by atoms with Crippen molar-refractivity contribution in [2.24, 2.45) is 5.92 Å². The van der Waals surface area contributed by atoms with E-state index in [0.717, 1.165) is 17.2 Å². The lowest BCUT2D eigenvalue weighted by atomic mass is 9.91. The molecule has 0 unspecified atom stereocenters. The summed E-state index contributed by atoms with van der Waals surface area (Å²) in [6, 6.07) is 5.45. The first-order valence-corrected chi connectivity index (χ1v) is 13.5. The minimum atomic E-state index is -4.33. The number of thioether (sulfide) groups is 1. The zero-order valence-electron chi connectivity index (χ0n) is 21.6. The van der Waals surface area contributed by atoms with Crippen LogP contribution in [-0.2, 0) is 4.79 Å². The van der Waals surface area contributed by atoms with Crippen LogP contribution in [0.5, 0.6) is 5.75 Å². The number of alkyl halides is 5. The van der Waals surface area contributed by atoms with Crippen LogP contribution in [-0.4, -0.2) is 71.3 Å². The maximum Gasteiger partial charge on any atom is 0.441 e. The topological polar surface area (TPSA) is 73.9 Å². The lowest BCUT2D eigenvalue weighted by Gasteiger charge is -2.41. The molecule has 216 valence electrons. The molecule has 40 heavy (non-hydrogen) atoms. The molecule has 0 radical (unpaired) electrons. The van der Waals surface area contributed by atoms with E-state index in [0.29, 0.717) is 30.8 Å². The van der Waals surface area contributed by atoms with Gasteiger partial charge in [0.25, 0.3) is 11.8 Å². The van der Waals surface area contributed by atoms with Gasteiger partial charge in [-0.05, 0) is 54.1 Å². The third-order valence-corrected chi connectivity index (χ3v) is 7.31. The molecule has 0 spiro atoms. The molecular weight excluding hydrogens is 555 g/mol. The van der Waals surface area contributed by atoms with Crippen LogP contribution in [0.15, 0.2) is 72.0 Å². The Balaban J connectivity index is 1.25. The summed E-state index contributed by atoms with van der Waals surface area (Å²) < 4.78 is 68.7. The van der Waals surface area contributed by atoms with Gasteiger partial charge in [0.1, 0.15) is 5.75 Å². The van der Waals surface area contributed by atoms with E-state index < -0.39 is 23.9 Å². The van der Waals surface area contributed by atoms with Gasteiger partial charge in [-0.1, -0.05) is 18.2 Å². The number of carbonyl (C=O) groups is 2. The molecule has 1 aromatic rings. The van der Waals surface area contributed by atoms with Gasteiger partial charge in [0.15, 0.2) is 0 Å². The summed E-state index contributed by atoms with van der Waals surface area (Å²) in [4.78, 5) is 27.0. The Kier molecular flexibility index (Phi) is 8.93. The number of fused-ring (bicyclic) bond motifs is 1. The van der Waals surface area contributed by atoms with Crippen LogP contribution in [0.25, 0.3) is 0 Å². The minimum absolute atomic E-state index is 0.0426. The fourth-order valence-electron chi connectivity index (χ4n) is 4.62. The zero-order valence-corrected chi connectivity index (χ0v) is 22.5. The molecule has 1 aliphatic carbocycles. The van der Waals surface area contributed by atoms with E-state index in [-0.39, 0.29) is 47.7 Å².